The third-order valence-corrected chi connectivity index (χ3v) is 4.48. The second kappa shape index (κ2) is 6.61. The lowest BCUT2D eigenvalue weighted by atomic mass is 9.95. The van der Waals surface area contributed by atoms with Crippen LogP contribution in [0, 0.1) is 0 Å². The molecule has 24 heavy (non-hydrogen) atoms. The Morgan fingerprint density at radius 1 is 1.29 bits per heavy atom. The van der Waals surface area contributed by atoms with Gasteiger partial charge in [0.2, 0.25) is 0 Å². The van der Waals surface area contributed by atoms with E-state index in [9.17, 15) is 0 Å². The van der Waals surface area contributed by atoms with Crippen LogP contribution < -0.4 is 16.2 Å². The van der Waals surface area contributed by atoms with Crippen molar-refractivity contribution in [2.75, 3.05) is 18.4 Å². The van der Waals surface area contributed by atoms with Crippen LogP contribution in [0.25, 0.3) is 5.65 Å². The van der Waals surface area contributed by atoms with Gasteiger partial charge in [-0.2, -0.15) is 0 Å². The van der Waals surface area contributed by atoms with Crippen LogP contribution in [-0.2, 0) is 6.54 Å². The fourth-order valence-corrected chi connectivity index (χ4v) is 3.15. The maximum Gasteiger partial charge on any atom is 0.179 e. The molecule has 0 saturated carbocycles. The summed E-state index contributed by atoms with van der Waals surface area (Å²) in [4.78, 5) is 13.4. The van der Waals surface area contributed by atoms with Crippen molar-refractivity contribution in [3.8, 4) is 0 Å². The number of piperidine rings is 1. The summed E-state index contributed by atoms with van der Waals surface area (Å²) >= 11 is 0. The molecule has 7 heteroatoms. The van der Waals surface area contributed by atoms with Crippen LogP contribution in [0.1, 0.15) is 30.0 Å². The summed E-state index contributed by atoms with van der Waals surface area (Å²) in [5.74, 6) is 1.22. The first-order chi connectivity index (χ1) is 11.8. The van der Waals surface area contributed by atoms with E-state index < -0.39 is 0 Å². The molecule has 1 fully saturated rings. The second-order valence-electron chi connectivity index (χ2n) is 6.13. The van der Waals surface area contributed by atoms with Gasteiger partial charge in [0.05, 0.1) is 5.69 Å². The maximum atomic E-state index is 6.07. The number of pyridine rings is 1. The molecule has 0 spiro atoms. The molecule has 2 N–H and O–H groups in total. The summed E-state index contributed by atoms with van der Waals surface area (Å²) in [7, 11) is 6.07. The first kappa shape index (κ1) is 15.1. The molecule has 1 saturated heterocycles. The predicted molar refractivity (Wildman–Crippen MR) is 94.8 cm³/mol. The molecule has 0 unspecified atom stereocenters. The van der Waals surface area contributed by atoms with Crippen molar-refractivity contribution >= 4 is 24.9 Å². The highest BCUT2D eigenvalue weighted by atomic mass is 15.1. The molecule has 3 aromatic heterocycles. The molecule has 3 aromatic rings. The Kier molecular flexibility index (Phi) is 4.17. The molecule has 0 aliphatic carbocycles. The lowest BCUT2D eigenvalue weighted by Crippen LogP contribution is -2.27. The van der Waals surface area contributed by atoms with Crippen molar-refractivity contribution < 1.29 is 0 Å². The van der Waals surface area contributed by atoms with Crippen LogP contribution in [0.4, 0.5) is 5.82 Å². The van der Waals surface area contributed by atoms with Gasteiger partial charge in [0.1, 0.15) is 7.85 Å². The molecule has 4 heterocycles. The Morgan fingerprint density at radius 2 is 2.17 bits per heavy atom. The van der Waals surface area contributed by atoms with Gasteiger partial charge in [0.15, 0.2) is 11.5 Å². The van der Waals surface area contributed by atoms with Gasteiger partial charge < -0.3 is 15.0 Å². The van der Waals surface area contributed by atoms with E-state index in [1.54, 1.807) is 12.4 Å². The van der Waals surface area contributed by atoms with E-state index >= 15 is 0 Å². The molecular weight excluding hydrogens is 299 g/mol. The van der Waals surface area contributed by atoms with Crippen LogP contribution in [0.5, 0.6) is 0 Å². The van der Waals surface area contributed by atoms with Gasteiger partial charge in [-0.25, -0.2) is 9.97 Å². The van der Waals surface area contributed by atoms with Crippen molar-refractivity contribution in [1.82, 2.24) is 24.7 Å². The highest BCUT2D eigenvalue weighted by Gasteiger charge is 2.19. The lowest BCUT2D eigenvalue weighted by molar-refractivity contribution is 0.452. The smallest absolute Gasteiger partial charge is 0.179 e. The predicted octanol–water partition coefficient (Wildman–Crippen LogP) is 0.997. The van der Waals surface area contributed by atoms with Crippen LogP contribution in [0.15, 0.2) is 36.9 Å². The monoisotopic (exact) mass is 318 g/mol. The Bertz CT molecular complexity index is 826. The number of aromatic nitrogens is 4. The van der Waals surface area contributed by atoms with Gasteiger partial charge in [0, 0.05) is 37.3 Å². The number of hydrogen-bond donors (Lipinski definition) is 2. The summed E-state index contributed by atoms with van der Waals surface area (Å²) in [6, 6.07) is 3.97. The first-order valence-electron chi connectivity index (χ1n) is 8.28. The fraction of sp³-hybridized carbons (Fsp3) is 0.353. The SMILES string of the molecule is [B]c1cnc2c(NCc3cccnc3)nc(C3CCNCC3)cn12. The van der Waals surface area contributed by atoms with E-state index in [2.05, 4.69) is 20.6 Å². The quantitative estimate of drug-likeness (QED) is 0.703. The van der Waals surface area contributed by atoms with Gasteiger partial charge in [-0.3, -0.25) is 4.98 Å². The normalized spacial score (nSPS) is 15.7. The maximum absolute atomic E-state index is 6.07. The minimum Gasteiger partial charge on any atom is -0.363 e. The average molecular weight is 318 g/mol. The van der Waals surface area contributed by atoms with Crippen molar-refractivity contribution in [3.63, 3.8) is 0 Å². The van der Waals surface area contributed by atoms with E-state index in [0.29, 0.717) is 18.1 Å². The molecule has 0 atom stereocenters. The van der Waals surface area contributed by atoms with Crippen LogP contribution in [0.2, 0.25) is 0 Å². The van der Waals surface area contributed by atoms with Crippen molar-refractivity contribution in [2.45, 2.75) is 25.3 Å². The molecule has 0 amide bonds. The Hall–Kier alpha value is -2.41. The fourth-order valence-electron chi connectivity index (χ4n) is 3.15. The Balaban J connectivity index is 1.67. The average Bonchev–Trinajstić information content (AvgIpc) is 3.02. The van der Waals surface area contributed by atoms with Crippen LogP contribution in [0.3, 0.4) is 0 Å². The number of nitrogens with one attached hydrogen (secondary N) is 2. The molecule has 0 aromatic carbocycles. The zero-order valence-corrected chi connectivity index (χ0v) is 13.4. The van der Waals surface area contributed by atoms with Crippen LogP contribution in [-0.4, -0.2) is 40.3 Å². The molecule has 120 valence electrons. The molecule has 6 nitrogen and oxygen atoms in total. The van der Waals surface area contributed by atoms with E-state index in [4.69, 9.17) is 12.8 Å². The summed E-state index contributed by atoms with van der Waals surface area (Å²) in [6.07, 6.45) is 9.51. The minimum absolute atomic E-state index is 0.455. The number of fused-ring (bicyclic) bond motifs is 1. The summed E-state index contributed by atoms with van der Waals surface area (Å²) < 4.78 is 1.93. The standard InChI is InChI=1S/C17H19BN6/c18-15-10-22-17-16(21-9-12-2-1-5-20-8-12)23-14(11-24(15)17)13-3-6-19-7-4-13/h1-2,5,8,10-11,13,19H,3-4,6-7,9H2,(H,21,23). The number of imidazole rings is 1. The highest BCUT2D eigenvalue weighted by molar-refractivity contribution is 6.31. The molecule has 0 bridgehead atoms. The zero-order chi connectivity index (χ0) is 16.4. The number of anilines is 1. The summed E-state index contributed by atoms with van der Waals surface area (Å²) in [5, 5.41) is 6.79. The summed E-state index contributed by atoms with van der Waals surface area (Å²) in [5.41, 5.74) is 3.56. The minimum atomic E-state index is 0.455. The lowest BCUT2D eigenvalue weighted by Gasteiger charge is -2.23. The topological polar surface area (TPSA) is 67.1 Å². The van der Waals surface area contributed by atoms with E-state index in [-0.39, 0.29) is 0 Å². The molecular formula is C17H19BN6. The van der Waals surface area contributed by atoms with Gasteiger partial charge in [-0.05, 0) is 43.2 Å². The third kappa shape index (κ3) is 2.99. The van der Waals surface area contributed by atoms with Crippen molar-refractivity contribution in [1.29, 1.82) is 0 Å². The molecule has 4 rings (SSSR count). The Morgan fingerprint density at radius 3 is 2.96 bits per heavy atom. The third-order valence-electron chi connectivity index (χ3n) is 4.48. The molecule has 2 radical (unpaired) electrons. The number of nitrogens with zero attached hydrogens (tertiary/aromatic N) is 4. The largest absolute Gasteiger partial charge is 0.363 e. The van der Waals surface area contributed by atoms with E-state index in [1.165, 1.54) is 0 Å². The summed E-state index contributed by atoms with van der Waals surface area (Å²) in [6.45, 7) is 2.71. The number of rotatable bonds is 4. The second-order valence-corrected chi connectivity index (χ2v) is 6.13. The van der Waals surface area contributed by atoms with Gasteiger partial charge in [-0.15, -0.1) is 0 Å². The number of hydrogen-bond acceptors (Lipinski definition) is 5. The zero-order valence-electron chi connectivity index (χ0n) is 13.4. The molecule has 1 aliphatic heterocycles. The molecule has 1 aliphatic rings. The van der Waals surface area contributed by atoms with Gasteiger partial charge in [-0.1, -0.05) is 6.07 Å². The van der Waals surface area contributed by atoms with Crippen molar-refractivity contribution in [2.24, 2.45) is 0 Å². The van der Waals surface area contributed by atoms with E-state index in [0.717, 1.165) is 48.7 Å². The Labute approximate surface area is 142 Å². The van der Waals surface area contributed by atoms with Crippen molar-refractivity contribution in [3.05, 3.63) is 48.2 Å². The first-order valence-corrected chi connectivity index (χ1v) is 8.28. The van der Waals surface area contributed by atoms with Gasteiger partial charge in [0.25, 0.3) is 0 Å². The van der Waals surface area contributed by atoms with Gasteiger partial charge >= 0.3 is 0 Å². The van der Waals surface area contributed by atoms with Crippen LogP contribution >= 0.6 is 0 Å². The van der Waals surface area contributed by atoms with E-state index in [1.807, 2.05) is 28.9 Å². The highest BCUT2D eigenvalue weighted by Crippen LogP contribution is 2.25.